The first-order valence-electron chi connectivity index (χ1n) is 5.22. The molecule has 0 bridgehead atoms. The molecule has 0 aliphatic rings. The fourth-order valence-corrected chi connectivity index (χ4v) is 1.84. The second-order valence-corrected chi connectivity index (χ2v) is 4.92. The third-order valence-corrected chi connectivity index (χ3v) is 2.74. The van der Waals surface area contributed by atoms with Crippen molar-refractivity contribution in [1.82, 2.24) is 10.1 Å². The second kappa shape index (κ2) is 4.78. The van der Waals surface area contributed by atoms with Gasteiger partial charge in [0, 0.05) is 10.4 Å². The molecule has 16 heavy (non-hydrogen) atoms. The van der Waals surface area contributed by atoms with E-state index in [9.17, 15) is 0 Å². The summed E-state index contributed by atoms with van der Waals surface area (Å²) in [6.45, 7) is 4.10. The molecule has 0 amide bonds. The zero-order valence-electron chi connectivity index (χ0n) is 9.27. The minimum absolute atomic E-state index is 0.306. The summed E-state index contributed by atoms with van der Waals surface area (Å²) in [6.07, 6.45) is 0.680. The molecule has 0 radical (unpaired) electrons. The lowest BCUT2D eigenvalue weighted by Gasteiger charge is -1.97. The van der Waals surface area contributed by atoms with Gasteiger partial charge in [0.1, 0.15) is 0 Å². The van der Waals surface area contributed by atoms with Crippen LogP contribution in [0.1, 0.15) is 37.0 Å². The molecule has 0 atom stereocenters. The third-order valence-electron chi connectivity index (χ3n) is 2.24. The molecule has 0 saturated heterocycles. The first-order chi connectivity index (χ1) is 7.65. The van der Waals surface area contributed by atoms with Crippen molar-refractivity contribution in [3.05, 3.63) is 46.0 Å². The maximum Gasteiger partial charge on any atom is 0.231 e. The van der Waals surface area contributed by atoms with Crippen LogP contribution in [-0.2, 0) is 6.42 Å². The van der Waals surface area contributed by atoms with E-state index in [1.54, 1.807) is 0 Å². The largest absolute Gasteiger partial charge is 0.339 e. The standard InChI is InChI=1S/C12H13BrN2O/c1-8(2)12-14-11(16-15-12)7-9-4-3-5-10(13)6-9/h3-6,8H,7H2,1-2H3. The van der Waals surface area contributed by atoms with Crippen LogP contribution in [0.5, 0.6) is 0 Å². The molecule has 0 aliphatic carbocycles. The minimum atomic E-state index is 0.306. The van der Waals surface area contributed by atoms with Crippen LogP contribution in [0.3, 0.4) is 0 Å². The van der Waals surface area contributed by atoms with Crippen LogP contribution in [0.2, 0.25) is 0 Å². The van der Waals surface area contributed by atoms with Crippen LogP contribution < -0.4 is 0 Å². The number of halogens is 1. The van der Waals surface area contributed by atoms with Crippen LogP contribution >= 0.6 is 15.9 Å². The molecule has 1 aromatic heterocycles. The summed E-state index contributed by atoms with van der Waals surface area (Å²) in [6, 6.07) is 8.10. The summed E-state index contributed by atoms with van der Waals surface area (Å²) in [5.74, 6) is 1.74. The maximum absolute atomic E-state index is 5.19. The van der Waals surface area contributed by atoms with Crippen LogP contribution in [0.25, 0.3) is 0 Å². The highest BCUT2D eigenvalue weighted by molar-refractivity contribution is 9.10. The number of benzene rings is 1. The first kappa shape index (κ1) is 11.3. The zero-order chi connectivity index (χ0) is 11.5. The highest BCUT2D eigenvalue weighted by Gasteiger charge is 2.09. The molecule has 0 fully saturated rings. The smallest absolute Gasteiger partial charge is 0.231 e. The van der Waals surface area contributed by atoms with Gasteiger partial charge in [-0.3, -0.25) is 0 Å². The molecule has 0 aliphatic heterocycles. The molecule has 4 heteroatoms. The van der Waals surface area contributed by atoms with E-state index < -0.39 is 0 Å². The van der Waals surface area contributed by atoms with Gasteiger partial charge in [-0.05, 0) is 17.7 Å². The van der Waals surface area contributed by atoms with Crippen molar-refractivity contribution in [2.45, 2.75) is 26.2 Å². The Labute approximate surface area is 103 Å². The van der Waals surface area contributed by atoms with Crippen molar-refractivity contribution >= 4 is 15.9 Å². The quantitative estimate of drug-likeness (QED) is 0.863. The Balaban J connectivity index is 2.14. The lowest BCUT2D eigenvalue weighted by atomic mass is 10.1. The van der Waals surface area contributed by atoms with Crippen LogP contribution in [-0.4, -0.2) is 10.1 Å². The molecule has 0 unspecified atom stereocenters. The van der Waals surface area contributed by atoms with Gasteiger partial charge in [0.25, 0.3) is 0 Å². The van der Waals surface area contributed by atoms with Gasteiger partial charge in [-0.25, -0.2) is 0 Å². The summed E-state index contributed by atoms with van der Waals surface area (Å²) in [4.78, 5) is 4.34. The molecule has 2 rings (SSSR count). The molecule has 1 aromatic carbocycles. The number of hydrogen-bond acceptors (Lipinski definition) is 3. The fraction of sp³-hybridized carbons (Fsp3) is 0.333. The van der Waals surface area contributed by atoms with E-state index in [2.05, 4.69) is 32.1 Å². The number of aromatic nitrogens is 2. The average Bonchev–Trinajstić information content (AvgIpc) is 2.66. The number of rotatable bonds is 3. The van der Waals surface area contributed by atoms with Crippen LogP contribution in [0, 0.1) is 0 Å². The Kier molecular flexibility index (Phi) is 3.39. The Hall–Kier alpha value is -1.16. The molecule has 2 aromatic rings. The van der Waals surface area contributed by atoms with Crippen molar-refractivity contribution in [3.63, 3.8) is 0 Å². The predicted molar refractivity (Wildman–Crippen MR) is 65.3 cm³/mol. The first-order valence-corrected chi connectivity index (χ1v) is 6.01. The Morgan fingerprint density at radius 2 is 2.19 bits per heavy atom. The number of hydrogen-bond donors (Lipinski definition) is 0. The zero-order valence-corrected chi connectivity index (χ0v) is 10.9. The highest BCUT2D eigenvalue weighted by atomic mass is 79.9. The van der Waals surface area contributed by atoms with E-state index in [1.807, 2.05) is 32.0 Å². The van der Waals surface area contributed by atoms with E-state index in [1.165, 1.54) is 0 Å². The van der Waals surface area contributed by atoms with Crippen molar-refractivity contribution < 1.29 is 4.52 Å². The van der Waals surface area contributed by atoms with Gasteiger partial charge in [-0.1, -0.05) is 47.1 Å². The number of nitrogens with zero attached hydrogens (tertiary/aromatic N) is 2. The topological polar surface area (TPSA) is 38.9 Å². The average molecular weight is 281 g/mol. The van der Waals surface area contributed by atoms with E-state index in [0.29, 0.717) is 18.2 Å². The van der Waals surface area contributed by atoms with Gasteiger partial charge >= 0.3 is 0 Å². The van der Waals surface area contributed by atoms with Crippen molar-refractivity contribution in [3.8, 4) is 0 Å². The summed E-state index contributed by atoms with van der Waals surface area (Å²) in [5.41, 5.74) is 1.16. The van der Waals surface area contributed by atoms with Crippen LogP contribution in [0.15, 0.2) is 33.3 Å². The molecule has 84 valence electrons. The molecule has 1 heterocycles. The maximum atomic E-state index is 5.19. The van der Waals surface area contributed by atoms with Gasteiger partial charge in [0.15, 0.2) is 5.82 Å². The molecular weight excluding hydrogens is 268 g/mol. The van der Waals surface area contributed by atoms with Crippen molar-refractivity contribution in [2.75, 3.05) is 0 Å². The van der Waals surface area contributed by atoms with E-state index >= 15 is 0 Å². The molecule has 3 nitrogen and oxygen atoms in total. The Morgan fingerprint density at radius 1 is 1.38 bits per heavy atom. The van der Waals surface area contributed by atoms with Gasteiger partial charge in [0.05, 0.1) is 6.42 Å². The van der Waals surface area contributed by atoms with Gasteiger partial charge < -0.3 is 4.52 Å². The van der Waals surface area contributed by atoms with E-state index in [0.717, 1.165) is 15.9 Å². The lowest BCUT2D eigenvalue weighted by molar-refractivity contribution is 0.377. The molecule has 0 N–H and O–H groups in total. The third kappa shape index (κ3) is 2.70. The Bertz CT molecular complexity index is 479. The summed E-state index contributed by atoms with van der Waals surface area (Å²) < 4.78 is 6.26. The summed E-state index contributed by atoms with van der Waals surface area (Å²) in [5, 5.41) is 3.94. The van der Waals surface area contributed by atoms with Crippen molar-refractivity contribution in [1.29, 1.82) is 0 Å². The van der Waals surface area contributed by atoms with E-state index in [4.69, 9.17) is 4.52 Å². The lowest BCUT2D eigenvalue weighted by Crippen LogP contribution is -1.92. The van der Waals surface area contributed by atoms with Gasteiger partial charge in [-0.2, -0.15) is 4.98 Å². The molecular formula is C12H13BrN2O. The monoisotopic (exact) mass is 280 g/mol. The highest BCUT2D eigenvalue weighted by Crippen LogP contribution is 2.16. The molecule has 0 spiro atoms. The normalized spacial score (nSPS) is 11.0. The molecule has 0 saturated carbocycles. The summed E-state index contributed by atoms with van der Waals surface area (Å²) >= 11 is 3.44. The minimum Gasteiger partial charge on any atom is -0.339 e. The van der Waals surface area contributed by atoms with Gasteiger partial charge in [0.2, 0.25) is 5.89 Å². The predicted octanol–water partition coefficient (Wildman–Crippen LogP) is 3.55. The Morgan fingerprint density at radius 3 is 2.81 bits per heavy atom. The van der Waals surface area contributed by atoms with E-state index in [-0.39, 0.29) is 0 Å². The van der Waals surface area contributed by atoms with Gasteiger partial charge in [-0.15, -0.1) is 0 Å². The fourth-order valence-electron chi connectivity index (χ4n) is 1.40. The second-order valence-electron chi connectivity index (χ2n) is 4.01. The SMILES string of the molecule is CC(C)c1noc(Cc2cccc(Br)c2)n1. The van der Waals surface area contributed by atoms with Crippen molar-refractivity contribution in [2.24, 2.45) is 0 Å². The summed E-state index contributed by atoms with van der Waals surface area (Å²) in [7, 11) is 0. The van der Waals surface area contributed by atoms with Crippen LogP contribution in [0.4, 0.5) is 0 Å².